The molecule has 4 nitrogen and oxygen atoms in total. The first-order valence-corrected chi connectivity index (χ1v) is 7.55. The molecule has 0 aliphatic carbocycles. The summed E-state index contributed by atoms with van der Waals surface area (Å²) >= 11 is 9.66. The van der Waals surface area contributed by atoms with Gasteiger partial charge in [-0.05, 0) is 18.6 Å². The highest BCUT2D eigenvalue weighted by molar-refractivity contribution is 9.10. The van der Waals surface area contributed by atoms with E-state index in [2.05, 4.69) is 28.0 Å². The highest BCUT2D eigenvalue weighted by Crippen LogP contribution is 2.33. The van der Waals surface area contributed by atoms with Crippen molar-refractivity contribution >= 4 is 27.5 Å². The largest absolute Gasteiger partial charge is 0.496 e. The zero-order valence-electron chi connectivity index (χ0n) is 11.4. The summed E-state index contributed by atoms with van der Waals surface area (Å²) in [5.74, 6) is 0.729. The second-order valence-electron chi connectivity index (χ2n) is 4.46. The number of rotatable bonds is 5. The van der Waals surface area contributed by atoms with Crippen LogP contribution in [0.15, 0.2) is 28.9 Å². The molecule has 2 rings (SSSR count). The molecule has 0 spiro atoms. The van der Waals surface area contributed by atoms with E-state index in [1.54, 1.807) is 13.3 Å². The van der Waals surface area contributed by atoms with E-state index >= 15 is 0 Å². The maximum atomic E-state index is 6.38. The number of benzene rings is 1. The lowest BCUT2D eigenvalue weighted by atomic mass is 10.0. The monoisotopic (exact) mass is 357 g/mol. The van der Waals surface area contributed by atoms with Gasteiger partial charge in [0, 0.05) is 16.6 Å². The summed E-state index contributed by atoms with van der Waals surface area (Å²) in [5, 5.41) is 4.86. The molecule has 0 bridgehead atoms. The Morgan fingerprint density at radius 2 is 2.25 bits per heavy atom. The minimum Gasteiger partial charge on any atom is -0.496 e. The maximum Gasteiger partial charge on any atom is 0.125 e. The van der Waals surface area contributed by atoms with Crippen LogP contribution in [-0.4, -0.2) is 16.9 Å². The van der Waals surface area contributed by atoms with E-state index in [-0.39, 0.29) is 6.04 Å². The molecule has 1 unspecified atom stereocenters. The van der Waals surface area contributed by atoms with Gasteiger partial charge in [-0.3, -0.25) is 4.68 Å². The molecule has 2 N–H and O–H groups in total. The number of aromatic nitrogens is 2. The Labute approximate surface area is 132 Å². The number of hydrogen-bond acceptors (Lipinski definition) is 3. The highest BCUT2D eigenvalue weighted by atomic mass is 79.9. The van der Waals surface area contributed by atoms with Crippen LogP contribution in [0.25, 0.3) is 0 Å². The Morgan fingerprint density at radius 3 is 2.90 bits per heavy atom. The lowest BCUT2D eigenvalue weighted by Crippen LogP contribution is -2.18. The summed E-state index contributed by atoms with van der Waals surface area (Å²) < 4.78 is 8.20. The summed E-state index contributed by atoms with van der Waals surface area (Å²) in [4.78, 5) is 0. The molecule has 20 heavy (non-hydrogen) atoms. The molecule has 108 valence electrons. The molecule has 1 aromatic carbocycles. The Balaban J connectivity index is 2.45. The van der Waals surface area contributed by atoms with Crippen molar-refractivity contribution in [2.75, 3.05) is 7.11 Å². The van der Waals surface area contributed by atoms with Gasteiger partial charge >= 0.3 is 0 Å². The van der Waals surface area contributed by atoms with Crippen molar-refractivity contribution in [3.05, 3.63) is 45.1 Å². The normalized spacial score (nSPS) is 12.4. The van der Waals surface area contributed by atoms with Crippen LogP contribution in [0, 0.1) is 0 Å². The van der Waals surface area contributed by atoms with Gasteiger partial charge in [0.05, 0.1) is 30.1 Å². The summed E-state index contributed by atoms with van der Waals surface area (Å²) in [6, 6.07) is 5.39. The average molecular weight is 359 g/mol. The van der Waals surface area contributed by atoms with Crippen molar-refractivity contribution in [1.82, 2.24) is 9.78 Å². The number of aryl methyl sites for hydroxylation is 1. The number of nitrogens with two attached hydrogens (primary N) is 1. The van der Waals surface area contributed by atoms with Gasteiger partial charge in [0.25, 0.3) is 0 Å². The standard InChI is InChI=1S/C14H17BrClN3O/c1-3-6-19-14(11(16)8-18-19)13(17)10-5-4-9(15)7-12(10)20-2/h4-5,7-8,13H,3,6,17H2,1-2H3. The average Bonchev–Trinajstić information content (AvgIpc) is 2.79. The SMILES string of the molecule is CCCn1ncc(Cl)c1C(N)c1ccc(Br)cc1OC. The number of nitrogens with zero attached hydrogens (tertiary/aromatic N) is 2. The van der Waals surface area contributed by atoms with Gasteiger partial charge in [0.15, 0.2) is 0 Å². The fourth-order valence-corrected chi connectivity index (χ4v) is 2.76. The van der Waals surface area contributed by atoms with Crippen molar-refractivity contribution in [2.24, 2.45) is 5.73 Å². The predicted octanol–water partition coefficient (Wildman–Crippen LogP) is 3.77. The number of halogens is 2. The Kier molecular flexibility index (Phi) is 5.07. The van der Waals surface area contributed by atoms with Gasteiger partial charge in [-0.1, -0.05) is 40.5 Å². The van der Waals surface area contributed by atoms with Crippen LogP contribution in [0.2, 0.25) is 5.02 Å². The van der Waals surface area contributed by atoms with Crippen LogP contribution < -0.4 is 10.5 Å². The summed E-state index contributed by atoms with van der Waals surface area (Å²) in [6.07, 6.45) is 2.60. The summed E-state index contributed by atoms with van der Waals surface area (Å²) in [5.41, 5.74) is 8.08. The molecule has 0 fully saturated rings. The van der Waals surface area contributed by atoms with Crippen LogP contribution in [0.3, 0.4) is 0 Å². The summed E-state index contributed by atoms with van der Waals surface area (Å²) in [6.45, 7) is 2.87. The Hall–Kier alpha value is -1.04. The van der Waals surface area contributed by atoms with Crippen molar-refractivity contribution in [1.29, 1.82) is 0 Å². The number of ether oxygens (including phenoxy) is 1. The van der Waals surface area contributed by atoms with Crippen molar-refractivity contribution < 1.29 is 4.74 Å². The van der Waals surface area contributed by atoms with E-state index in [0.717, 1.165) is 34.4 Å². The topological polar surface area (TPSA) is 53.1 Å². The zero-order valence-corrected chi connectivity index (χ0v) is 13.8. The Morgan fingerprint density at radius 1 is 1.50 bits per heavy atom. The van der Waals surface area contributed by atoms with Gasteiger partial charge in [-0.15, -0.1) is 0 Å². The van der Waals surface area contributed by atoms with Crippen LogP contribution in [-0.2, 0) is 6.54 Å². The van der Waals surface area contributed by atoms with E-state index < -0.39 is 0 Å². The molecule has 1 heterocycles. The van der Waals surface area contributed by atoms with Crippen LogP contribution in [0.1, 0.15) is 30.6 Å². The predicted molar refractivity (Wildman–Crippen MR) is 84.3 cm³/mol. The fourth-order valence-electron chi connectivity index (χ4n) is 2.16. The van der Waals surface area contributed by atoms with Crippen LogP contribution in [0.5, 0.6) is 5.75 Å². The first-order valence-electron chi connectivity index (χ1n) is 6.38. The second kappa shape index (κ2) is 6.61. The van der Waals surface area contributed by atoms with Gasteiger partial charge < -0.3 is 10.5 Å². The number of methoxy groups -OCH3 is 1. The molecule has 0 saturated carbocycles. The van der Waals surface area contributed by atoms with Crippen molar-refractivity contribution in [3.8, 4) is 5.75 Å². The highest BCUT2D eigenvalue weighted by Gasteiger charge is 2.21. The van der Waals surface area contributed by atoms with E-state index in [9.17, 15) is 0 Å². The molecule has 2 aromatic rings. The summed E-state index contributed by atoms with van der Waals surface area (Å²) in [7, 11) is 1.63. The van der Waals surface area contributed by atoms with Crippen LogP contribution >= 0.6 is 27.5 Å². The lowest BCUT2D eigenvalue weighted by molar-refractivity contribution is 0.406. The fraction of sp³-hybridized carbons (Fsp3) is 0.357. The van der Waals surface area contributed by atoms with Crippen molar-refractivity contribution in [3.63, 3.8) is 0 Å². The molecule has 6 heteroatoms. The van der Waals surface area contributed by atoms with E-state index in [4.69, 9.17) is 22.1 Å². The molecule has 1 aromatic heterocycles. The molecule has 0 aliphatic rings. The molecule has 0 saturated heterocycles. The molecular formula is C14H17BrClN3O. The van der Waals surface area contributed by atoms with Gasteiger partial charge in [0.2, 0.25) is 0 Å². The first kappa shape index (κ1) is 15.4. The maximum absolute atomic E-state index is 6.38. The van der Waals surface area contributed by atoms with Gasteiger partial charge in [-0.25, -0.2) is 0 Å². The molecule has 0 amide bonds. The van der Waals surface area contributed by atoms with E-state index in [0.29, 0.717) is 5.02 Å². The lowest BCUT2D eigenvalue weighted by Gasteiger charge is -2.18. The molecule has 0 aliphatic heterocycles. The smallest absolute Gasteiger partial charge is 0.125 e. The molecule has 0 radical (unpaired) electrons. The van der Waals surface area contributed by atoms with Crippen molar-refractivity contribution in [2.45, 2.75) is 25.9 Å². The third kappa shape index (κ3) is 3.00. The van der Waals surface area contributed by atoms with E-state index in [1.165, 1.54) is 0 Å². The van der Waals surface area contributed by atoms with Gasteiger partial charge in [-0.2, -0.15) is 5.10 Å². The first-order chi connectivity index (χ1) is 9.58. The minimum atomic E-state index is -0.375. The molecular weight excluding hydrogens is 342 g/mol. The van der Waals surface area contributed by atoms with Crippen LogP contribution in [0.4, 0.5) is 0 Å². The number of hydrogen-bond donors (Lipinski definition) is 1. The third-order valence-corrected chi connectivity index (χ3v) is 3.88. The van der Waals surface area contributed by atoms with Gasteiger partial charge in [0.1, 0.15) is 5.75 Å². The quantitative estimate of drug-likeness (QED) is 0.885. The Bertz CT molecular complexity index is 600. The second-order valence-corrected chi connectivity index (χ2v) is 5.79. The zero-order chi connectivity index (χ0) is 14.7. The van der Waals surface area contributed by atoms with E-state index in [1.807, 2.05) is 22.9 Å². The third-order valence-electron chi connectivity index (χ3n) is 3.09. The molecule has 1 atom stereocenters. The minimum absolute atomic E-state index is 0.375.